The fraction of sp³-hybridized carbons (Fsp3) is 0.471. The number of nitrogens with one attached hydrogen (secondary N) is 1. The number of benzene rings is 1. The second kappa shape index (κ2) is 7.36. The van der Waals surface area contributed by atoms with Gasteiger partial charge in [-0.05, 0) is 32.0 Å². The highest BCUT2D eigenvalue weighted by atomic mass is 16.5. The van der Waals surface area contributed by atoms with Crippen LogP contribution in [0, 0.1) is 0 Å². The molecule has 0 amide bonds. The van der Waals surface area contributed by atoms with Crippen LogP contribution in [0.1, 0.15) is 26.0 Å². The number of pyridine rings is 1. The molecule has 3 nitrogen and oxygen atoms in total. The molecule has 0 saturated carbocycles. The summed E-state index contributed by atoms with van der Waals surface area (Å²) >= 11 is 0. The van der Waals surface area contributed by atoms with Crippen LogP contribution in [0.5, 0.6) is 0 Å². The van der Waals surface area contributed by atoms with Gasteiger partial charge in [0.25, 0.3) is 0 Å². The summed E-state index contributed by atoms with van der Waals surface area (Å²) in [5.74, 6) is 0. The van der Waals surface area contributed by atoms with E-state index in [0.717, 1.165) is 30.6 Å². The lowest BCUT2D eigenvalue weighted by atomic mass is 10.0. The van der Waals surface area contributed by atoms with Gasteiger partial charge in [-0.2, -0.15) is 0 Å². The van der Waals surface area contributed by atoms with Crippen molar-refractivity contribution in [2.45, 2.75) is 38.8 Å². The molecule has 20 heavy (non-hydrogen) atoms. The van der Waals surface area contributed by atoms with Gasteiger partial charge in [0.1, 0.15) is 0 Å². The number of nitrogens with zero attached hydrogens (tertiary/aromatic N) is 1. The highest BCUT2D eigenvalue weighted by Gasteiger charge is 2.17. The van der Waals surface area contributed by atoms with Crippen LogP contribution in [-0.4, -0.2) is 30.8 Å². The molecule has 1 N–H and O–H groups in total. The quantitative estimate of drug-likeness (QED) is 0.840. The van der Waals surface area contributed by atoms with E-state index in [9.17, 15) is 0 Å². The molecular weight excluding hydrogens is 248 g/mol. The third-order valence-corrected chi connectivity index (χ3v) is 3.68. The molecule has 1 heterocycles. The van der Waals surface area contributed by atoms with E-state index in [-0.39, 0.29) is 6.10 Å². The Hall–Kier alpha value is -1.45. The molecular formula is C17H24N2O. The zero-order valence-corrected chi connectivity index (χ0v) is 12.6. The van der Waals surface area contributed by atoms with Gasteiger partial charge in [-0.15, -0.1) is 0 Å². The van der Waals surface area contributed by atoms with Crippen LogP contribution in [0.15, 0.2) is 36.4 Å². The van der Waals surface area contributed by atoms with Crippen molar-refractivity contribution in [2.75, 3.05) is 13.7 Å². The fourth-order valence-corrected chi connectivity index (χ4v) is 2.35. The van der Waals surface area contributed by atoms with E-state index < -0.39 is 0 Å². The lowest BCUT2D eigenvalue weighted by molar-refractivity contribution is 0.0828. The molecule has 0 spiro atoms. The Bertz CT molecular complexity index is 541. The summed E-state index contributed by atoms with van der Waals surface area (Å²) in [7, 11) is 1.76. The number of rotatable bonds is 7. The summed E-state index contributed by atoms with van der Waals surface area (Å²) < 4.78 is 5.48. The van der Waals surface area contributed by atoms with E-state index in [0.29, 0.717) is 6.04 Å². The number of hydrogen-bond acceptors (Lipinski definition) is 3. The first-order valence-electron chi connectivity index (χ1n) is 7.35. The SMILES string of the molecule is CCCNC(Cc1ccc2ccccc2n1)C(C)OC. The first-order valence-corrected chi connectivity index (χ1v) is 7.35. The number of methoxy groups -OCH3 is 1. The first-order chi connectivity index (χ1) is 9.74. The zero-order chi connectivity index (χ0) is 14.4. The maximum atomic E-state index is 5.48. The molecule has 2 atom stereocenters. The molecule has 1 aromatic heterocycles. The Balaban J connectivity index is 2.14. The lowest BCUT2D eigenvalue weighted by Crippen LogP contribution is -2.41. The van der Waals surface area contributed by atoms with E-state index in [1.54, 1.807) is 7.11 Å². The highest BCUT2D eigenvalue weighted by molar-refractivity contribution is 5.78. The molecule has 0 aliphatic rings. The number of fused-ring (bicyclic) bond motifs is 1. The van der Waals surface area contributed by atoms with Gasteiger partial charge in [-0.3, -0.25) is 4.98 Å². The van der Waals surface area contributed by atoms with Gasteiger partial charge in [-0.25, -0.2) is 0 Å². The number of hydrogen-bond donors (Lipinski definition) is 1. The third kappa shape index (κ3) is 3.78. The van der Waals surface area contributed by atoms with Crippen molar-refractivity contribution >= 4 is 10.9 Å². The maximum Gasteiger partial charge on any atom is 0.0705 e. The second-order valence-electron chi connectivity index (χ2n) is 5.20. The Morgan fingerprint density at radius 2 is 2.00 bits per heavy atom. The minimum Gasteiger partial charge on any atom is -0.380 e. The number of aromatic nitrogens is 1. The van der Waals surface area contributed by atoms with Gasteiger partial charge in [0.05, 0.1) is 11.6 Å². The van der Waals surface area contributed by atoms with Crippen molar-refractivity contribution in [3.05, 3.63) is 42.1 Å². The van der Waals surface area contributed by atoms with Crippen LogP contribution >= 0.6 is 0 Å². The van der Waals surface area contributed by atoms with Gasteiger partial charge >= 0.3 is 0 Å². The molecule has 0 radical (unpaired) electrons. The summed E-state index contributed by atoms with van der Waals surface area (Å²) in [5.41, 5.74) is 2.17. The van der Waals surface area contributed by atoms with Gasteiger partial charge < -0.3 is 10.1 Å². The molecule has 0 aliphatic heterocycles. The fourth-order valence-electron chi connectivity index (χ4n) is 2.35. The molecule has 2 aromatic rings. The average molecular weight is 272 g/mol. The molecule has 108 valence electrons. The summed E-state index contributed by atoms with van der Waals surface area (Å²) in [6.07, 6.45) is 2.19. The predicted molar refractivity (Wildman–Crippen MR) is 84.0 cm³/mol. The predicted octanol–water partition coefficient (Wildman–Crippen LogP) is 3.18. The minimum absolute atomic E-state index is 0.176. The van der Waals surface area contributed by atoms with Crippen LogP contribution in [0.3, 0.4) is 0 Å². The Labute approximate surface area is 121 Å². The lowest BCUT2D eigenvalue weighted by Gasteiger charge is -2.24. The molecule has 0 aliphatic carbocycles. The summed E-state index contributed by atoms with van der Waals surface area (Å²) in [5, 5.41) is 4.74. The van der Waals surface area contributed by atoms with Crippen LogP contribution in [0.2, 0.25) is 0 Å². The highest BCUT2D eigenvalue weighted by Crippen LogP contribution is 2.14. The zero-order valence-electron chi connectivity index (χ0n) is 12.6. The van der Waals surface area contributed by atoms with Gasteiger partial charge in [0.2, 0.25) is 0 Å². The van der Waals surface area contributed by atoms with Crippen molar-refractivity contribution in [3.8, 4) is 0 Å². The molecule has 3 heteroatoms. The van der Waals surface area contributed by atoms with E-state index >= 15 is 0 Å². The molecule has 0 bridgehead atoms. The normalized spacial score (nSPS) is 14.3. The Morgan fingerprint density at radius 1 is 1.20 bits per heavy atom. The van der Waals surface area contributed by atoms with Crippen LogP contribution < -0.4 is 5.32 Å². The van der Waals surface area contributed by atoms with E-state index in [4.69, 9.17) is 9.72 Å². The van der Waals surface area contributed by atoms with Crippen molar-refractivity contribution in [2.24, 2.45) is 0 Å². The number of ether oxygens (including phenoxy) is 1. The van der Waals surface area contributed by atoms with E-state index in [1.165, 1.54) is 5.39 Å². The topological polar surface area (TPSA) is 34.2 Å². The molecule has 1 aromatic carbocycles. The van der Waals surface area contributed by atoms with E-state index in [2.05, 4.69) is 43.4 Å². The van der Waals surface area contributed by atoms with Crippen molar-refractivity contribution in [1.29, 1.82) is 0 Å². The molecule has 0 fully saturated rings. The molecule has 2 rings (SSSR count). The third-order valence-electron chi connectivity index (χ3n) is 3.68. The van der Waals surface area contributed by atoms with Crippen molar-refractivity contribution in [3.63, 3.8) is 0 Å². The van der Waals surface area contributed by atoms with E-state index in [1.807, 2.05) is 12.1 Å². The summed E-state index contributed by atoms with van der Waals surface area (Å²) in [6, 6.07) is 12.8. The molecule has 2 unspecified atom stereocenters. The van der Waals surface area contributed by atoms with Crippen LogP contribution in [0.4, 0.5) is 0 Å². The van der Waals surface area contributed by atoms with Crippen LogP contribution in [0.25, 0.3) is 10.9 Å². The smallest absolute Gasteiger partial charge is 0.0705 e. The standard InChI is InChI=1S/C17H24N2O/c1-4-11-18-17(13(2)20-3)12-15-10-9-14-7-5-6-8-16(14)19-15/h5-10,13,17-18H,4,11-12H2,1-3H3. The Kier molecular flexibility index (Phi) is 5.50. The first kappa shape index (κ1) is 14.9. The number of para-hydroxylation sites is 1. The molecule has 0 saturated heterocycles. The largest absolute Gasteiger partial charge is 0.380 e. The summed E-state index contributed by atoms with van der Waals surface area (Å²) in [6.45, 7) is 5.29. The average Bonchev–Trinajstić information content (AvgIpc) is 2.50. The minimum atomic E-state index is 0.176. The van der Waals surface area contributed by atoms with Gasteiger partial charge in [0.15, 0.2) is 0 Å². The van der Waals surface area contributed by atoms with Crippen LogP contribution in [-0.2, 0) is 11.2 Å². The van der Waals surface area contributed by atoms with Crippen molar-refractivity contribution in [1.82, 2.24) is 10.3 Å². The monoisotopic (exact) mass is 272 g/mol. The maximum absolute atomic E-state index is 5.48. The van der Waals surface area contributed by atoms with Crippen molar-refractivity contribution < 1.29 is 4.74 Å². The second-order valence-corrected chi connectivity index (χ2v) is 5.20. The van der Waals surface area contributed by atoms with Gasteiger partial charge in [-0.1, -0.05) is 31.2 Å². The summed E-state index contributed by atoms with van der Waals surface area (Å²) in [4.78, 5) is 4.74. The van der Waals surface area contributed by atoms with Gasteiger partial charge in [0, 0.05) is 30.7 Å². The Morgan fingerprint density at radius 3 is 2.75 bits per heavy atom.